The van der Waals surface area contributed by atoms with E-state index in [2.05, 4.69) is 29.8 Å². The van der Waals surface area contributed by atoms with Gasteiger partial charge in [-0.2, -0.15) is 0 Å². The van der Waals surface area contributed by atoms with Crippen molar-refractivity contribution < 1.29 is 0 Å². The van der Waals surface area contributed by atoms with Crippen LogP contribution in [0.4, 0.5) is 5.69 Å². The standard InChI is InChI=1S/C12H21N3/c1-3-5-9-15(4-2)12-7-6-8-14-11(12)10-13/h6-8H,3-5,9-10,13H2,1-2H3. The number of anilines is 1. The summed E-state index contributed by atoms with van der Waals surface area (Å²) in [5, 5.41) is 0. The second-order valence-electron chi connectivity index (χ2n) is 3.61. The molecule has 0 radical (unpaired) electrons. The molecule has 3 heteroatoms. The minimum Gasteiger partial charge on any atom is -0.370 e. The van der Waals surface area contributed by atoms with Gasteiger partial charge in [0.2, 0.25) is 0 Å². The molecule has 1 aromatic rings. The van der Waals surface area contributed by atoms with Crippen LogP contribution in [0.15, 0.2) is 18.3 Å². The highest BCUT2D eigenvalue weighted by molar-refractivity contribution is 5.50. The fraction of sp³-hybridized carbons (Fsp3) is 0.583. The summed E-state index contributed by atoms with van der Waals surface area (Å²) in [5.41, 5.74) is 7.87. The molecule has 0 saturated heterocycles. The Kier molecular flexibility index (Phi) is 5.12. The van der Waals surface area contributed by atoms with Gasteiger partial charge < -0.3 is 10.6 Å². The summed E-state index contributed by atoms with van der Waals surface area (Å²) in [6, 6.07) is 4.08. The van der Waals surface area contributed by atoms with Gasteiger partial charge in [-0.1, -0.05) is 13.3 Å². The van der Waals surface area contributed by atoms with E-state index in [1.165, 1.54) is 18.5 Å². The lowest BCUT2D eigenvalue weighted by molar-refractivity contribution is 0.725. The van der Waals surface area contributed by atoms with Crippen molar-refractivity contribution in [3.63, 3.8) is 0 Å². The second kappa shape index (κ2) is 6.40. The molecule has 0 unspecified atom stereocenters. The van der Waals surface area contributed by atoms with E-state index in [9.17, 15) is 0 Å². The maximum absolute atomic E-state index is 5.68. The van der Waals surface area contributed by atoms with E-state index in [1.54, 1.807) is 6.20 Å². The van der Waals surface area contributed by atoms with Crippen molar-refractivity contribution in [1.29, 1.82) is 0 Å². The van der Waals surface area contributed by atoms with Crippen LogP contribution >= 0.6 is 0 Å². The van der Waals surface area contributed by atoms with Gasteiger partial charge in [0.1, 0.15) is 0 Å². The molecule has 0 aliphatic rings. The molecule has 0 aliphatic carbocycles. The van der Waals surface area contributed by atoms with E-state index in [0.29, 0.717) is 6.54 Å². The molecule has 0 aromatic carbocycles. The SMILES string of the molecule is CCCCN(CC)c1cccnc1CN. The Morgan fingerprint density at radius 3 is 2.80 bits per heavy atom. The Balaban J connectivity index is 2.80. The Morgan fingerprint density at radius 1 is 1.40 bits per heavy atom. The summed E-state index contributed by atoms with van der Waals surface area (Å²) >= 11 is 0. The summed E-state index contributed by atoms with van der Waals surface area (Å²) in [4.78, 5) is 6.65. The van der Waals surface area contributed by atoms with Crippen LogP contribution in [0.5, 0.6) is 0 Å². The average Bonchev–Trinajstić information content (AvgIpc) is 2.30. The quantitative estimate of drug-likeness (QED) is 0.777. The van der Waals surface area contributed by atoms with Gasteiger partial charge in [0, 0.05) is 25.8 Å². The Hall–Kier alpha value is -1.09. The highest BCUT2D eigenvalue weighted by Gasteiger charge is 2.08. The van der Waals surface area contributed by atoms with E-state index in [4.69, 9.17) is 5.73 Å². The first-order valence-electron chi connectivity index (χ1n) is 5.72. The maximum Gasteiger partial charge on any atom is 0.0772 e. The molecule has 0 spiro atoms. The van der Waals surface area contributed by atoms with Gasteiger partial charge in [-0.25, -0.2) is 0 Å². The fourth-order valence-corrected chi connectivity index (χ4v) is 1.67. The normalized spacial score (nSPS) is 10.3. The molecule has 0 saturated carbocycles. The molecule has 0 bridgehead atoms. The van der Waals surface area contributed by atoms with E-state index < -0.39 is 0 Å². The molecule has 0 atom stereocenters. The number of nitrogens with two attached hydrogens (primary N) is 1. The number of hydrogen-bond acceptors (Lipinski definition) is 3. The van der Waals surface area contributed by atoms with Crippen LogP contribution in [-0.2, 0) is 6.54 Å². The lowest BCUT2D eigenvalue weighted by atomic mass is 10.2. The topological polar surface area (TPSA) is 42.2 Å². The zero-order valence-electron chi connectivity index (χ0n) is 9.74. The van der Waals surface area contributed by atoms with E-state index in [1.807, 2.05) is 6.07 Å². The predicted molar refractivity (Wildman–Crippen MR) is 64.9 cm³/mol. The summed E-state index contributed by atoms with van der Waals surface area (Å²) in [6.07, 6.45) is 4.24. The number of aromatic nitrogens is 1. The average molecular weight is 207 g/mol. The molecule has 0 amide bonds. The van der Waals surface area contributed by atoms with Crippen molar-refractivity contribution >= 4 is 5.69 Å². The van der Waals surface area contributed by atoms with Gasteiger partial charge in [-0.15, -0.1) is 0 Å². The number of rotatable bonds is 6. The molecule has 15 heavy (non-hydrogen) atoms. The van der Waals surface area contributed by atoms with Crippen LogP contribution in [0.3, 0.4) is 0 Å². The first-order valence-corrected chi connectivity index (χ1v) is 5.72. The Morgan fingerprint density at radius 2 is 2.20 bits per heavy atom. The highest BCUT2D eigenvalue weighted by Crippen LogP contribution is 2.17. The monoisotopic (exact) mass is 207 g/mol. The molecule has 84 valence electrons. The largest absolute Gasteiger partial charge is 0.370 e. The summed E-state index contributed by atoms with van der Waals surface area (Å²) in [7, 11) is 0. The molecule has 0 aliphatic heterocycles. The van der Waals surface area contributed by atoms with E-state index in [0.717, 1.165) is 18.8 Å². The van der Waals surface area contributed by atoms with Crippen LogP contribution in [0.1, 0.15) is 32.4 Å². The third-order valence-electron chi connectivity index (χ3n) is 2.56. The van der Waals surface area contributed by atoms with Crippen LogP contribution in [0.2, 0.25) is 0 Å². The molecule has 0 fully saturated rings. The number of nitrogens with zero attached hydrogens (tertiary/aromatic N) is 2. The third kappa shape index (κ3) is 3.20. The first-order chi connectivity index (χ1) is 7.33. The number of hydrogen-bond donors (Lipinski definition) is 1. The van der Waals surface area contributed by atoms with Crippen molar-refractivity contribution in [2.75, 3.05) is 18.0 Å². The van der Waals surface area contributed by atoms with Gasteiger partial charge in [-0.05, 0) is 25.5 Å². The molecule has 3 nitrogen and oxygen atoms in total. The van der Waals surface area contributed by atoms with Crippen molar-refractivity contribution in [1.82, 2.24) is 4.98 Å². The van der Waals surface area contributed by atoms with Crippen molar-refractivity contribution in [3.8, 4) is 0 Å². The highest BCUT2D eigenvalue weighted by atomic mass is 15.1. The van der Waals surface area contributed by atoms with Crippen LogP contribution < -0.4 is 10.6 Å². The molecule has 1 rings (SSSR count). The molecular weight excluding hydrogens is 186 g/mol. The minimum absolute atomic E-state index is 0.513. The third-order valence-corrected chi connectivity index (χ3v) is 2.56. The lowest BCUT2D eigenvalue weighted by Crippen LogP contribution is -2.25. The van der Waals surface area contributed by atoms with Crippen molar-refractivity contribution in [2.45, 2.75) is 33.2 Å². The Labute approximate surface area is 92.3 Å². The molecule has 1 heterocycles. The van der Waals surface area contributed by atoms with E-state index >= 15 is 0 Å². The van der Waals surface area contributed by atoms with E-state index in [-0.39, 0.29) is 0 Å². The molecular formula is C12H21N3. The van der Waals surface area contributed by atoms with Crippen LogP contribution in [0.25, 0.3) is 0 Å². The zero-order valence-corrected chi connectivity index (χ0v) is 9.74. The van der Waals surface area contributed by atoms with Crippen molar-refractivity contribution in [3.05, 3.63) is 24.0 Å². The lowest BCUT2D eigenvalue weighted by Gasteiger charge is -2.24. The second-order valence-corrected chi connectivity index (χ2v) is 3.61. The summed E-state index contributed by atoms with van der Waals surface area (Å²) in [6.45, 7) is 6.99. The number of unbranched alkanes of at least 4 members (excludes halogenated alkanes) is 1. The van der Waals surface area contributed by atoms with Gasteiger partial charge in [0.25, 0.3) is 0 Å². The zero-order chi connectivity index (χ0) is 11.1. The maximum atomic E-state index is 5.68. The summed E-state index contributed by atoms with van der Waals surface area (Å²) in [5.74, 6) is 0. The van der Waals surface area contributed by atoms with Gasteiger partial charge in [0.15, 0.2) is 0 Å². The molecule has 2 N–H and O–H groups in total. The van der Waals surface area contributed by atoms with Gasteiger partial charge in [0.05, 0.1) is 11.4 Å². The Bertz CT molecular complexity index is 286. The summed E-state index contributed by atoms with van der Waals surface area (Å²) < 4.78 is 0. The van der Waals surface area contributed by atoms with Gasteiger partial charge >= 0.3 is 0 Å². The fourth-order valence-electron chi connectivity index (χ4n) is 1.67. The minimum atomic E-state index is 0.513. The predicted octanol–water partition coefficient (Wildman–Crippen LogP) is 2.17. The van der Waals surface area contributed by atoms with Gasteiger partial charge in [-0.3, -0.25) is 4.98 Å². The number of pyridine rings is 1. The first kappa shape index (κ1) is 12.0. The van der Waals surface area contributed by atoms with Crippen LogP contribution in [0, 0.1) is 0 Å². The molecule has 1 aromatic heterocycles. The van der Waals surface area contributed by atoms with Crippen molar-refractivity contribution in [2.24, 2.45) is 5.73 Å². The smallest absolute Gasteiger partial charge is 0.0772 e. The van der Waals surface area contributed by atoms with Crippen LogP contribution in [-0.4, -0.2) is 18.1 Å².